The summed E-state index contributed by atoms with van der Waals surface area (Å²) in [6.45, 7) is 2.10. The minimum Gasteiger partial charge on any atom is -0.406 e. The first-order chi connectivity index (χ1) is 16.3. The largest absolute Gasteiger partial charge is 0.573 e. The molecule has 1 aliphatic carbocycles. The van der Waals surface area contributed by atoms with Crippen molar-refractivity contribution in [2.45, 2.75) is 56.8 Å². The van der Waals surface area contributed by atoms with Crippen LogP contribution in [0.4, 0.5) is 19.0 Å². The van der Waals surface area contributed by atoms with Crippen LogP contribution in [0.25, 0.3) is 0 Å². The van der Waals surface area contributed by atoms with Gasteiger partial charge in [-0.1, -0.05) is 0 Å². The summed E-state index contributed by atoms with van der Waals surface area (Å²) in [6, 6.07) is 9.56. The number of piperidine rings is 1. The van der Waals surface area contributed by atoms with Gasteiger partial charge in [-0.05, 0) is 92.3 Å². The quantitative estimate of drug-likeness (QED) is 0.618. The number of benzene rings is 1. The number of aromatic nitrogens is 1. The van der Waals surface area contributed by atoms with Crippen LogP contribution in [0.1, 0.15) is 60.4 Å². The molecule has 1 aliphatic heterocycles. The van der Waals surface area contributed by atoms with Gasteiger partial charge in [0.05, 0.1) is 0 Å². The Balaban J connectivity index is 1.28. The van der Waals surface area contributed by atoms with E-state index in [9.17, 15) is 18.0 Å². The SMILES string of the molecule is NC1CCC(CNc2cc(C3CCN(C(=O)c4ccc(OC(F)(F)F)cc4)CC3)ccn2)CC1. The summed E-state index contributed by atoms with van der Waals surface area (Å²) in [6.07, 6.45) is 3.20. The molecule has 2 fully saturated rings. The number of alkyl halides is 3. The predicted molar refractivity (Wildman–Crippen MR) is 124 cm³/mol. The Morgan fingerprint density at radius 2 is 1.74 bits per heavy atom. The number of nitrogens with zero attached hydrogens (tertiary/aromatic N) is 2. The first-order valence-corrected chi connectivity index (χ1v) is 11.9. The van der Waals surface area contributed by atoms with E-state index in [2.05, 4.69) is 21.1 Å². The lowest BCUT2D eigenvalue weighted by Crippen LogP contribution is -2.37. The summed E-state index contributed by atoms with van der Waals surface area (Å²) in [5.41, 5.74) is 7.56. The number of carbonyl (C=O) groups excluding carboxylic acids is 1. The van der Waals surface area contributed by atoms with Crippen LogP contribution in [0.2, 0.25) is 0 Å². The summed E-state index contributed by atoms with van der Waals surface area (Å²) in [4.78, 5) is 19.0. The molecule has 0 atom stereocenters. The minimum absolute atomic E-state index is 0.179. The van der Waals surface area contributed by atoms with Crippen LogP contribution >= 0.6 is 0 Å². The molecule has 4 rings (SSSR count). The second kappa shape index (κ2) is 10.6. The molecule has 1 saturated heterocycles. The fraction of sp³-hybridized carbons (Fsp3) is 0.520. The van der Waals surface area contributed by atoms with Gasteiger partial charge < -0.3 is 20.7 Å². The fourth-order valence-corrected chi connectivity index (χ4v) is 4.84. The van der Waals surface area contributed by atoms with Gasteiger partial charge in [-0.3, -0.25) is 4.79 Å². The Labute approximate surface area is 197 Å². The maximum Gasteiger partial charge on any atom is 0.573 e. The number of nitrogens with one attached hydrogen (secondary N) is 1. The van der Waals surface area contributed by atoms with E-state index in [1.54, 1.807) is 4.90 Å². The molecule has 6 nitrogen and oxygen atoms in total. The van der Waals surface area contributed by atoms with Gasteiger partial charge in [0, 0.05) is 37.4 Å². The zero-order chi connectivity index (χ0) is 24.1. The molecule has 184 valence electrons. The van der Waals surface area contributed by atoms with Gasteiger partial charge in [-0.25, -0.2) is 4.98 Å². The summed E-state index contributed by atoms with van der Waals surface area (Å²) in [7, 11) is 0. The molecule has 1 aromatic carbocycles. The maximum absolute atomic E-state index is 12.8. The van der Waals surface area contributed by atoms with Crippen molar-refractivity contribution in [1.29, 1.82) is 0 Å². The van der Waals surface area contributed by atoms with Crippen LogP contribution in [0.15, 0.2) is 42.6 Å². The molecule has 0 spiro atoms. The number of anilines is 1. The third kappa shape index (κ3) is 6.62. The summed E-state index contributed by atoms with van der Waals surface area (Å²) >= 11 is 0. The Kier molecular flexibility index (Phi) is 7.60. The van der Waals surface area contributed by atoms with Crippen LogP contribution in [-0.4, -0.2) is 47.8 Å². The third-order valence-electron chi connectivity index (χ3n) is 6.84. The number of hydrogen-bond donors (Lipinski definition) is 2. The number of rotatable bonds is 6. The van der Waals surface area contributed by atoms with Crippen molar-refractivity contribution in [2.75, 3.05) is 25.0 Å². The van der Waals surface area contributed by atoms with E-state index in [1.165, 1.54) is 29.8 Å². The summed E-state index contributed by atoms with van der Waals surface area (Å²) in [5, 5.41) is 3.48. The number of likely N-dealkylation sites (tertiary alicyclic amines) is 1. The van der Waals surface area contributed by atoms with Gasteiger partial charge in [-0.15, -0.1) is 13.2 Å². The Hall–Kier alpha value is -2.81. The minimum atomic E-state index is -4.75. The monoisotopic (exact) mass is 476 g/mol. The zero-order valence-electron chi connectivity index (χ0n) is 19.1. The Morgan fingerprint density at radius 3 is 2.38 bits per heavy atom. The summed E-state index contributed by atoms with van der Waals surface area (Å²) in [5.74, 6) is 1.33. The van der Waals surface area contributed by atoms with Gasteiger partial charge in [-0.2, -0.15) is 0 Å². The van der Waals surface area contributed by atoms with E-state index in [1.807, 2.05) is 12.3 Å². The van der Waals surface area contributed by atoms with Crippen LogP contribution < -0.4 is 15.8 Å². The van der Waals surface area contributed by atoms with E-state index in [-0.39, 0.29) is 11.7 Å². The number of ether oxygens (including phenoxy) is 1. The molecule has 2 aromatic rings. The molecule has 2 heterocycles. The molecule has 0 unspecified atom stereocenters. The molecule has 9 heteroatoms. The molecular weight excluding hydrogens is 445 g/mol. The first kappa shape index (κ1) is 24.3. The molecule has 3 N–H and O–H groups in total. The molecule has 1 saturated carbocycles. The maximum atomic E-state index is 12.8. The van der Waals surface area contributed by atoms with Crippen molar-refractivity contribution in [3.8, 4) is 5.75 Å². The highest BCUT2D eigenvalue weighted by atomic mass is 19.4. The topological polar surface area (TPSA) is 80.5 Å². The highest BCUT2D eigenvalue weighted by molar-refractivity contribution is 5.94. The fourth-order valence-electron chi connectivity index (χ4n) is 4.84. The molecule has 1 amide bonds. The van der Waals surface area contributed by atoms with E-state index in [0.717, 1.165) is 50.9 Å². The van der Waals surface area contributed by atoms with E-state index in [4.69, 9.17) is 5.73 Å². The van der Waals surface area contributed by atoms with Crippen molar-refractivity contribution in [3.63, 3.8) is 0 Å². The number of pyridine rings is 1. The van der Waals surface area contributed by atoms with Crippen LogP contribution in [-0.2, 0) is 0 Å². The number of nitrogens with two attached hydrogens (primary N) is 1. The first-order valence-electron chi connectivity index (χ1n) is 11.9. The predicted octanol–water partition coefficient (Wildman–Crippen LogP) is 4.93. The van der Waals surface area contributed by atoms with Gasteiger partial charge in [0.1, 0.15) is 11.6 Å². The molecule has 2 aliphatic rings. The van der Waals surface area contributed by atoms with Crippen LogP contribution in [0.5, 0.6) is 5.75 Å². The number of hydrogen-bond acceptors (Lipinski definition) is 5. The van der Waals surface area contributed by atoms with E-state index < -0.39 is 6.36 Å². The molecule has 0 radical (unpaired) electrons. The zero-order valence-corrected chi connectivity index (χ0v) is 19.1. The molecule has 1 aromatic heterocycles. The smallest absolute Gasteiger partial charge is 0.406 e. The van der Waals surface area contributed by atoms with Crippen molar-refractivity contribution in [2.24, 2.45) is 11.7 Å². The van der Waals surface area contributed by atoms with Gasteiger partial charge in [0.15, 0.2) is 0 Å². The highest BCUT2D eigenvalue weighted by Gasteiger charge is 2.31. The highest BCUT2D eigenvalue weighted by Crippen LogP contribution is 2.30. The number of halogens is 3. The van der Waals surface area contributed by atoms with Crippen molar-refractivity contribution >= 4 is 11.7 Å². The second-order valence-corrected chi connectivity index (χ2v) is 9.27. The van der Waals surface area contributed by atoms with Gasteiger partial charge >= 0.3 is 6.36 Å². The lowest BCUT2D eigenvalue weighted by atomic mass is 9.86. The summed E-state index contributed by atoms with van der Waals surface area (Å²) < 4.78 is 40.8. The third-order valence-corrected chi connectivity index (χ3v) is 6.84. The average Bonchev–Trinajstić information content (AvgIpc) is 2.83. The molecular formula is C25H31F3N4O2. The standard InChI is InChI=1S/C25H31F3N4O2/c26-25(27,28)34-22-7-3-19(4-8-22)24(33)32-13-10-18(11-14-32)20-9-12-30-23(15-20)31-16-17-1-5-21(29)6-2-17/h3-4,7-9,12,15,17-18,21H,1-2,5-6,10-11,13-14,16,29H2,(H,30,31). The van der Waals surface area contributed by atoms with Gasteiger partial charge in [0.2, 0.25) is 0 Å². The van der Waals surface area contributed by atoms with Crippen molar-refractivity contribution in [3.05, 3.63) is 53.7 Å². The second-order valence-electron chi connectivity index (χ2n) is 9.27. The van der Waals surface area contributed by atoms with E-state index >= 15 is 0 Å². The van der Waals surface area contributed by atoms with E-state index in [0.29, 0.717) is 36.5 Å². The van der Waals surface area contributed by atoms with Crippen LogP contribution in [0, 0.1) is 5.92 Å². The van der Waals surface area contributed by atoms with Crippen molar-refractivity contribution < 1.29 is 22.7 Å². The average molecular weight is 477 g/mol. The normalized spacial score (nSPS) is 21.8. The van der Waals surface area contributed by atoms with Gasteiger partial charge in [0.25, 0.3) is 5.91 Å². The number of amides is 1. The lowest BCUT2D eigenvalue weighted by molar-refractivity contribution is -0.274. The van der Waals surface area contributed by atoms with Crippen molar-refractivity contribution in [1.82, 2.24) is 9.88 Å². The van der Waals surface area contributed by atoms with Crippen LogP contribution in [0.3, 0.4) is 0 Å². The Morgan fingerprint density at radius 1 is 1.06 bits per heavy atom. The lowest BCUT2D eigenvalue weighted by Gasteiger charge is -2.32. The number of carbonyl (C=O) groups is 1. The Bertz CT molecular complexity index is 951. The molecule has 0 bridgehead atoms. The molecule has 34 heavy (non-hydrogen) atoms.